The average molecular weight is 322 g/mol. The van der Waals surface area contributed by atoms with Crippen LogP contribution in [0.5, 0.6) is 0 Å². The molecule has 22 heavy (non-hydrogen) atoms. The fraction of sp³-hybridized carbons (Fsp3) is 0.611. The second kappa shape index (κ2) is 12.3. The topological polar surface area (TPSA) is 18.8 Å². The van der Waals surface area contributed by atoms with Crippen LogP contribution in [0.15, 0.2) is 29.3 Å². The minimum atomic E-state index is 0.645. The Hall–Kier alpha value is -1.22. The summed E-state index contributed by atoms with van der Waals surface area (Å²) < 4.78 is 0. The van der Waals surface area contributed by atoms with Gasteiger partial charge in [-0.3, -0.25) is 4.90 Å². The molecule has 3 nitrogen and oxygen atoms in total. The molecule has 0 atom stereocenters. The van der Waals surface area contributed by atoms with Crippen LogP contribution < -0.4 is 4.90 Å². The van der Waals surface area contributed by atoms with Gasteiger partial charge in [0.2, 0.25) is 0 Å². The molecule has 1 aromatic rings. The summed E-state index contributed by atoms with van der Waals surface area (Å²) in [4.78, 5) is 8.90. The molecule has 0 bridgehead atoms. The first-order chi connectivity index (χ1) is 10.7. The van der Waals surface area contributed by atoms with Crippen molar-refractivity contribution < 1.29 is 0 Å². The fourth-order valence-electron chi connectivity index (χ4n) is 2.29. The van der Waals surface area contributed by atoms with Crippen LogP contribution in [0.4, 0.5) is 11.4 Å². The highest BCUT2D eigenvalue weighted by Crippen LogP contribution is 2.21. The number of rotatable bonds is 3. The first-order valence-corrected chi connectivity index (χ1v) is 8.78. The van der Waals surface area contributed by atoms with Gasteiger partial charge < -0.3 is 4.90 Å². The van der Waals surface area contributed by atoms with Crippen LogP contribution in [0.3, 0.4) is 0 Å². The lowest BCUT2D eigenvalue weighted by Crippen LogP contribution is -2.48. The third kappa shape index (κ3) is 6.69. The number of hydrogen-bond acceptors (Lipinski definition) is 4. The lowest BCUT2D eigenvalue weighted by molar-refractivity contribution is 0.209. The van der Waals surface area contributed by atoms with E-state index in [1.807, 2.05) is 39.8 Å². The number of anilines is 1. The number of piperazine rings is 1. The highest BCUT2D eigenvalue weighted by Gasteiger charge is 2.18. The van der Waals surface area contributed by atoms with Gasteiger partial charge in [0.25, 0.3) is 0 Å². The fourth-order valence-corrected chi connectivity index (χ4v) is 2.39. The molecular formula is C18H31N3S. The Bertz CT molecular complexity index is 428. The monoisotopic (exact) mass is 321 g/mol. The molecule has 2 rings (SSSR count). The Morgan fingerprint density at radius 3 is 1.86 bits per heavy atom. The van der Waals surface area contributed by atoms with Gasteiger partial charge in [-0.2, -0.15) is 4.99 Å². The summed E-state index contributed by atoms with van der Waals surface area (Å²) in [5.41, 5.74) is 2.14. The maximum atomic E-state index is 4.60. The Morgan fingerprint density at radius 2 is 1.45 bits per heavy atom. The zero-order valence-corrected chi connectivity index (χ0v) is 15.8. The smallest absolute Gasteiger partial charge is 0.0741 e. The minimum Gasteiger partial charge on any atom is -0.369 e. The van der Waals surface area contributed by atoms with Crippen LogP contribution >= 0.6 is 12.2 Å². The summed E-state index contributed by atoms with van der Waals surface area (Å²) in [6.07, 6.45) is 0. The number of isothiocyanates is 1. The van der Waals surface area contributed by atoms with Crippen LogP contribution in [0.2, 0.25) is 0 Å². The van der Waals surface area contributed by atoms with Gasteiger partial charge in [-0.15, -0.1) is 0 Å². The Morgan fingerprint density at radius 1 is 0.955 bits per heavy atom. The average Bonchev–Trinajstić information content (AvgIpc) is 2.59. The summed E-state index contributed by atoms with van der Waals surface area (Å²) in [7, 11) is 0. The van der Waals surface area contributed by atoms with E-state index in [-0.39, 0.29) is 0 Å². The molecule has 1 aliphatic heterocycles. The van der Waals surface area contributed by atoms with Crippen molar-refractivity contribution >= 4 is 28.8 Å². The SMILES string of the molecule is CC.CC.CC(C)N1CCN(c2ccc(N=C=S)cc2)CC1. The van der Waals surface area contributed by atoms with Crippen molar-refractivity contribution in [3.8, 4) is 0 Å². The molecule has 0 spiro atoms. The van der Waals surface area contributed by atoms with E-state index in [2.05, 4.69) is 58.2 Å². The molecular weight excluding hydrogens is 290 g/mol. The van der Waals surface area contributed by atoms with Gasteiger partial charge in [0.1, 0.15) is 0 Å². The standard InChI is InChI=1S/C14H19N3S.2C2H6/c1-12(2)16-7-9-17(10-8-16)14-5-3-13(4-6-14)15-11-18;2*1-2/h3-6,12H,7-10H2,1-2H3;2*1-2H3. The Kier molecular flexibility index (Phi) is 11.7. The highest BCUT2D eigenvalue weighted by molar-refractivity contribution is 7.78. The quantitative estimate of drug-likeness (QED) is 0.576. The predicted octanol–water partition coefficient (Wildman–Crippen LogP) is 5.00. The number of hydrogen-bond donors (Lipinski definition) is 0. The van der Waals surface area contributed by atoms with E-state index in [1.165, 1.54) is 5.69 Å². The third-order valence-corrected chi connectivity index (χ3v) is 3.53. The summed E-state index contributed by atoms with van der Waals surface area (Å²) in [6.45, 7) is 17.0. The number of aliphatic imine (C=N–C) groups is 1. The van der Waals surface area contributed by atoms with Gasteiger partial charge in [0.05, 0.1) is 10.8 Å². The van der Waals surface area contributed by atoms with E-state index < -0.39 is 0 Å². The molecule has 1 aromatic carbocycles. The molecule has 0 unspecified atom stereocenters. The molecule has 124 valence electrons. The molecule has 1 fully saturated rings. The van der Waals surface area contributed by atoms with Crippen LogP contribution in [-0.4, -0.2) is 42.3 Å². The Balaban J connectivity index is 0.00000102. The maximum absolute atomic E-state index is 4.60. The van der Waals surface area contributed by atoms with Gasteiger partial charge in [-0.05, 0) is 50.3 Å². The second-order valence-corrected chi connectivity index (χ2v) is 5.02. The molecule has 0 aromatic heterocycles. The summed E-state index contributed by atoms with van der Waals surface area (Å²) in [6, 6.07) is 8.84. The van der Waals surface area contributed by atoms with Crippen molar-refractivity contribution in [2.75, 3.05) is 31.1 Å². The molecule has 4 heteroatoms. The summed E-state index contributed by atoms with van der Waals surface area (Å²) in [5, 5.41) is 2.39. The Labute approximate surface area is 142 Å². The lowest BCUT2D eigenvalue weighted by atomic mass is 10.2. The molecule has 1 aliphatic rings. The molecule has 0 amide bonds. The normalized spacial score (nSPS) is 14.2. The minimum absolute atomic E-state index is 0.645. The zero-order chi connectivity index (χ0) is 17.0. The van der Waals surface area contributed by atoms with Crippen LogP contribution in [0.1, 0.15) is 41.5 Å². The van der Waals surface area contributed by atoms with Crippen LogP contribution in [-0.2, 0) is 0 Å². The zero-order valence-electron chi connectivity index (χ0n) is 15.0. The molecule has 1 heterocycles. The van der Waals surface area contributed by atoms with Gasteiger partial charge >= 0.3 is 0 Å². The van der Waals surface area contributed by atoms with Crippen molar-refractivity contribution in [2.45, 2.75) is 47.6 Å². The molecule has 1 saturated heterocycles. The van der Waals surface area contributed by atoms with Gasteiger partial charge in [0, 0.05) is 37.9 Å². The number of benzene rings is 1. The van der Waals surface area contributed by atoms with E-state index in [0.29, 0.717) is 6.04 Å². The largest absolute Gasteiger partial charge is 0.369 e. The third-order valence-electron chi connectivity index (χ3n) is 3.43. The van der Waals surface area contributed by atoms with Crippen molar-refractivity contribution in [3.05, 3.63) is 24.3 Å². The molecule has 0 radical (unpaired) electrons. The number of thiocarbonyl (C=S) groups is 1. The van der Waals surface area contributed by atoms with E-state index >= 15 is 0 Å². The predicted molar refractivity (Wildman–Crippen MR) is 103 cm³/mol. The van der Waals surface area contributed by atoms with Crippen molar-refractivity contribution in [3.63, 3.8) is 0 Å². The van der Waals surface area contributed by atoms with Crippen molar-refractivity contribution in [1.29, 1.82) is 0 Å². The van der Waals surface area contributed by atoms with Crippen molar-refractivity contribution in [1.82, 2.24) is 4.90 Å². The highest BCUT2D eigenvalue weighted by atomic mass is 32.1. The van der Waals surface area contributed by atoms with Gasteiger partial charge in [0.15, 0.2) is 0 Å². The molecule has 0 saturated carbocycles. The number of nitrogens with zero attached hydrogens (tertiary/aromatic N) is 3. The summed E-state index contributed by atoms with van der Waals surface area (Å²) in [5.74, 6) is 0. The second-order valence-electron chi connectivity index (χ2n) is 4.84. The summed E-state index contributed by atoms with van der Waals surface area (Å²) >= 11 is 4.60. The molecule has 0 aliphatic carbocycles. The van der Waals surface area contributed by atoms with E-state index in [1.54, 1.807) is 0 Å². The van der Waals surface area contributed by atoms with Gasteiger partial charge in [-0.25, -0.2) is 0 Å². The lowest BCUT2D eigenvalue weighted by Gasteiger charge is -2.38. The van der Waals surface area contributed by atoms with E-state index in [9.17, 15) is 0 Å². The van der Waals surface area contributed by atoms with Gasteiger partial charge in [-0.1, -0.05) is 27.7 Å². The first kappa shape index (κ1) is 20.8. The maximum Gasteiger partial charge on any atom is 0.0741 e. The van der Waals surface area contributed by atoms with E-state index in [4.69, 9.17) is 0 Å². The first-order valence-electron chi connectivity index (χ1n) is 8.37. The van der Waals surface area contributed by atoms with Crippen molar-refractivity contribution in [2.24, 2.45) is 4.99 Å². The molecule has 0 N–H and O–H groups in total. The van der Waals surface area contributed by atoms with E-state index in [0.717, 1.165) is 31.9 Å². The van der Waals surface area contributed by atoms with Crippen LogP contribution in [0, 0.1) is 0 Å². The van der Waals surface area contributed by atoms with Crippen LogP contribution in [0.25, 0.3) is 0 Å².